The molecule has 0 fully saturated rings. The largest absolute Gasteiger partial charge is 0.481 e. The number of carboxylic acid groups (broad SMARTS) is 1. The van der Waals surface area contributed by atoms with Crippen LogP contribution in [0.2, 0.25) is 10.0 Å². The Bertz CT molecular complexity index is 369. The standard InChI is InChI=1S/C11H13Cl2NO2/c12-9-2-1-8(7-10(9)13)3-5-14-6-4-11(15)16/h1-2,7,14H,3-6H2,(H,15,16). The highest BCUT2D eigenvalue weighted by Crippen LogP contribution is 2.22. The summed E-state index contributed by atoms with van der Waals surface area (Å²) in [6.07, 6.45) is 0.942. The Hall–Kier alpha value is -0.770. The molecule has 1 rings (SSSR count). The average Bonchev–Trinajstić information content (AvgIpc) is 2.22. The fourth-order valence-electron chi connectivity index (χ4n) is 1.25. The lowest BCUT2D eigenvalue weighted by Gasteiger charge is -2.04. The first kappa shape index (κ1) is 13.3. The zero-order valence-electron chi connectivity index (χ0n) is 8.67. The summed E-state index contributed by atoms with van der Waals surface area (Å²) >= 11 is 11.7. The molecule has 0 aliphatic carbocycles. The Morgan fingerprint density at radius 1 is 1.25 bits per heavy atom. The van der Waals surface area contributed by atoms with Gasteiger partial charge in [0.25, 0.3) is 0 Å². The lowest BCUT2D eigenvalue weighted by molar-refractivity contribution is -0.136. The van der Waals surface area contributed by atoms with Crippen LogP contribution in [0.15, 0.2) is 18.2 Å². The summed E-state index contributed by atoms with van der Waals surface area (Å²) in [5.74, 6) is -0.790. The Morgan fingerprint density at radius 2 is 2.00 bits per heavy atom. The summed E-state index contributed by atoms with van der Waals surface area (Å²) in [5.41, 5.74) is 1.08. The van der Waals surface area contributed by atoms with Crippen molar-refractivity contribution in [3.05, 3.63) is 33.8 Å². The maximum atomic E-state index is 10.2. The quantitative estimate of drug-likeness (QED) is 0.775. The molecule has 16 heavy (non-hydrogen) atoms. The van der Waals surface area contributed by atoms with Gasteiger partial charge in [0, 0.05) is 6.54 Å². The van der Waals surface area contributed by atoms with E-state index in [4.69, 9.17) is 28.3 Å². The number of aliphatic carboxylic acids is 1. The van der Waals surface area contributed by atoms with E-state index in [1.165, 1.54) is 0 Å². The van der Waals surface area contributed by atoms with Crippen LogP contribution in [0.3, 0.4) is 0 Å². The summed E-state index contributed by atoms with van der Waals surface area (Å²) in [7, 11) is 0. The fraction of sp³-hybridized carbons (Fsp3) is 0.364. The van der Waals surface area contributed by atoms with Gasteiger partial charge in [0.1, 0.15) is 0 Å². The van der Waals surface area contributed by atoms with Crippen molar-refractivity contribution in [2.24, 2.45) is 0 Å². The summed E-state index contributed by atoms with van der Waals surface area (Å²) in [5, 5.41) is 12.6. The molecule has 0 radical (unpaired) electrons. The number of rotatable bonds is 6. The molecule has 88 valence electrons. The molecule has 2 N–H and O–H groups in total. The number of nitrogens with one attached hydrogen (secondary N) is 1. The van der Waals surface area contributed by atoms with Crippen LogP contribution in [-0.4, -0.2) is 24.2 Å². The fourth-order valence-corrected chi connectivity index (χ4v) is 1.57. The first-order chi connectivity index (χ1) is 7.59. The third-order valence-electron chi connectivity index (χ3n) is 2.09. The van der Waals surface area contributed by atoms with Gasteiger partial charge >= 0.3 is 5.97 Å². The second kappa shape index (κ2) is 6.74. The normalized spacial score (nSPS) is 10.4. The van der Waals surface area contributed by atoms with Crippen LogP contribution in [0.1, 0.15) is 12.0 Å². The molecular weight excluding hydrogens is 249 g/mol. The van der Waals surface area contributed by atoms with E-state index >= 15 is 0 Å². The summed E-state index contributed by atoms with van der Waals surface area (Å²) in [6.45, 7) is 1.21. The topological polar surface area (TPSA) is 49.3 Å². The molecule has 0 heterocycles. The maximum absolute atomic E-state index is 10.2. The van der Waals surface area contributed by atoms with Gasteiger partial charge in [-0.15, -0.1) is 0 Å². The van der Waals surface area contributed by atoms with Crippen molar-refractivity contribution in [2.45, 2.75) is 12.8 Å². The first-order valence-corrected chi connectivity index (χ1v) is 5.71. The van der Waals surface area contributed by atoms with Crippen LogP contribution in [0.4, 0.5) is 0 Å². The number of hydrogen-bond acceptors (Lipinski definition) is 2. The van der Waals surface area contributed by atoms with E-state index in [0.29, 0.717) is 16.6 Å². The minimum Gasteiger partial charge on any atom is -0.481 e. The van der Waals surface area contributed by atoms with E-state index in [1.54, 1.807) is 6.07 Å². The van der Waals surface area contributed by atoms with Gasteiger partial charge in [-0.25, -0.2) is 0 Å². The van der Waals surface area contributed by atoms with Crippen LogP contribution >= 0.6 is 23.2 Å². The number of carboxylic acids is 1. The first-order valence-electron chi connectivity index (χ1n) is 4.96. The zero-order chi connectivity index (χ0) is 12.0. The molecule has 3 nitrogen and oxygen atoms in total. The summed E-state index contributed by atoms with van der Waals surface area (Å²) < 4.78 is 0. The van der Waals surface area contributed by atoms with Gasteiger partial charge in [-0.2, -0.15) is 0 Å². The van der Waals surface area contributed by atoms with E-state index in [2.05, 4.69) is 5.32 Å². The molecule has 0 aliphatic rings. The Labute approximate surface area is 104 Å². The summed E-state index contributed by atoms with van der Waals surface area (Å²) in [4.78, 5) is 10.2. The molecule has 0 aliphatic heterocycles. The number of benzene rings is 1. The predicted octanol–water partition coefficient (Wildman–Crippen LogP) is 2.60. The SMILES string of the molecule is O=C(O)CCNCCc1ccc(Cl)c(Cl)c1. The van der Waals surface area contributed by atoms with Gasteiger partial charge in [-0.3, -0.25) is 4.79 Å². The zero-order valence-corrected chi connectivity index (χ0v) is 10.2. The molecule has 0 amide bonds. The van der Waals surface area contributed by atoms with Crippen LogP contribution in [0.5, 0.6) is 0 Å². The molecule has 0 spiro atoms. The molecule has 0 unspecified atom stereocenters. The lowest BCUT2D eigenvalue weighted by Crippen LogP contribution is -2.20. The second-order valence-electron chi connectivity index (χ2n) is 3.39. The van der Waals surface area contributed by atoms with E-state index in [1.807, 2.05) is 12.1 Å². The smallest absolute Gasteiger partial charge is 0.304 e. The van der Waals surface area contributed by atoms with Gasteiger partial charge < -0.3 is 10.4 Å². The Morgan fingerprint density at radius 3 is 2.62 bits per heavy atom. The molecular formula is C11H13Cl2NO2. The molecule has 0 atom stereocenters. The maximum Gasteiger partial charge on any atom is 0.304 e. The predicted molar refractivity (Wildman–Crippen MR) is 65.3 cm³/mol. The van der Waals surface area contributed by atoms with Crippen molar-refractivity contribution in [3.8, 4) is 0 Å². The lowest BCUT2D eigenvalue weighted by atomic mass is 10.1. The van der Waals surface area contributed by atoms with Gasteiger partial charge in [-0.1, -0.05) is 29.3 Å². The van der Waals surface area contributed by atoms with E-state index in [-0.39, 0.29) is 6.42 Å². The van der Waals surface area contributed by atoms with Crippen LogP contribution in [-0.2, 0) is 11.2 Å². The molecule has 1 aromatic carbocycles. The highest BCUT2D eigenvalue weighted by molar-refractivity contribution is 6.42. The van der Waals surface area contributed by atoms with E-state index in [9.17, 15) is 4.79 Å². The molecule has 0 aromatic heterocycles. The second-order valence-corrected chi connectivity index (χ2v) is 4.21. The minimum atomic E-state index is -0.790. The van der Waals surface area contributed by atoms with Gasteiger partial charge in [0.05, 0.1) is 16.5 Å². The monoisotopic (exact) mass is 261 g/mol. The van der Waals surface area contributed by atoms with Gasteiger partial charge in [-0.05, 0) is 30.7 Å². The van der Waals surface area contributed by atoms with Crippen LogP contribution in [0, 0.1) is 0 Å². The van der Waals surface area contributed by atoms with Crippen molar-refractivity contribution in [2.75, 3.05) is 13.1 Å². The number of halogens is 2. The van der Waals surface area contributed by atoms with E-state index in [0.717, 1.165) is 18.5 Å². The van der Waals surface area contributed by atoms with Crippen LogP contribution < -0.4 is 5.32 Å². The Balaban J connectivity index is 2.27. The van der Waals surface area contributed by atoms with Crippen LogP contribution in [0.25, 0.3) is 0 Å². The highest BCUT2D eigenvalue weighted by Gasteiger charge is 2.00. The van der Waals surface area contributed by atoms with Crippen molar-refractivity contribution in [1.82, 2.24) is 5.32 Å². The highest BCUT2D eigenvalue weighted by atomic mass is 35.5. The Kier molecular flexibility index (Phi) is 5.60. The van der Waals surface area contributed by atoms with E-state index < -0.39 is 5.97 Å². The van der Waals surface area contributed by atoms with Crippen molar-refractivity contribution >= 4 is 29.2 Å². The van der Waals surface area contributed by atoms with Crippen molar-refractivity contribution in [3.63, 3.8) is 0 Å². The molecule has 0 bridgehead atoms. The third kappa shape index (κ3) is 4.84. The minimum absolute atomic E-state index is 0.140. The van der Waals surface area contributed by atoms with Gasteiger partial charge in [0.15, 0.2) is 0 Å². The number of carbonyl (C=O) groups is 1. The van der Waals surface area contributed by atoms with Crippen molar-refractivity contribution < 1.29 is 9.90 Å². The molecule has 5 heteroatoms. The molecule has 1 aromatic rings. The average molecular weight is 262 g/mol. The van der Waals surface area contributed by atoms with Gasteiger partial charge in [0.2, 0.25) is 0 Å². The third-order valence-corrected chi connectivity index (χ3v) is 2.83. The summed E-state index contributed by atoms with van der Waals surface area (Å²) in [6, 6.07) is 5.49. The van der Waals surface area contributed by atoms with Crippen molar-refractivity contribution in [1.29, 1.82) is 0 Å². The molecule has 0 saturated carbocycles. The molecule has 0 saturated heterocycles. The number of hydrogen-bond donors (Lipinski definition) is 2.